The highest BCUT2D eigenvalue weighted by molar-refractivity contribution is 6.52. The van der Waals surface area contributed by atoms with Crippen molar-refractivity contribution < 1.29 is 24.2 Å². The van der Waals surface area contributed by atoms with Crippen LogP contribution in [0.3, 0.4) is 0 Å². The average Bonchev–Trinajstić information content (AvgIpc) is 2.58. The van der Waals surface area contributed by atoms with Gasteiger partial charge in [0.05, 0.1) is 12.5 Å². The number of aliphatic hydroxyl groups is 1. The Balaban J connectivity index is 2.30. The van der Waals surface area contributed by atoms with E-state index in [0.717, 1.165) is 0 Å². The summed E-state index contributed by atoms with van der Waals surface area (Å²) in [7, 11) is 1.35. The molecule has 3 rings (SSSR count). The normalized spacial score (nSPS) is 22.8. The Morgan fingerprint density at radius 1 is 1.24 bits per heavy atom. The topological polar surface area (TPSA) is 80.7 Å². The summed E-state index contributed by atoms with van der Waals surface area (Å²) < 4.78 is 4.96. The molecule has 0 bridgehead atoms. The van der Waals surface area contributed by atoms with Crippen LogP contribution in [0.1, 0.15) is 60.7 Å². The second kappa shape index (κ2) is 5.83. The molecule has 0 saturated carbocycles. The van der Waals surface area contributed by atoms with Crippen molar-refractivity contribution >= 4 is 23.3 Å². The first-order valence-corrected chi connectivity index (χ1v) is 8.51. The molecule has 1 unspecified atom stereocenters. The first kappa shape index (κ1) is 17.4. The minimum absolute atomic E-state index is 0.122. The Bertz CT molecular complexity index is 831. The maximum atomic E-state index is 12.8. The Morgan fingerprint density at radius 3 is 2.52 bits per heavy atom. The molecule has 0 saturated heterocycles. The zero-order chi connectivity index (χ0) is 18.5. The summed E-state index contributed by atoms with van der Waals surface area (Å²) in [6.07, 6.45) is 1.92. The van der Waals surface area contributed by atoms with Crippen molar-refractivity contribution in [3.05, 3.63) is 40.0 Å². The lowest BCUT2D eigenvalue weighted by molar-refractivity contribution is -0.147. The monoisotopic (exact) mass is 342 g/mol. The van der Waals surface area contributed by atoms with E-state index in [-0.39, 0.29) is 28.8 Å². The van der Waals surface area contributed by atoms with Crippen molar-refractivity contribution in [1.29, 1.82) is 0 Å². The first-order chi connectivity index (χ1) is 11.7. The second-order valence-electron chi connectivity index (χ2n) is 7.27. The fourth-order valence-corrected chi connectivity index (χ4v) is 4.10. The number of fused-ring (bicyclic) bond motifs is 3. The molecule has 1 aromatic rings. The van der Waals surface area contributed by atoms with Gasteiger partial charge in [-0.1, -0.05) is 26.0 Å². The Kier molecular flexibility index (Phi) is 4.06. The number of ether oxygens (including phenoxy) is 1. The van der Waals surface area contributed by atoms with E-state index in [1.165, 1.54) is 7.11 Å². The number of allylic oxidation sites excluding steroid dienone is 1. The van der Waals surface area contributed by atoms with E-state index >= 15 is 0 Å². The van der Waals surface area contributed by atoms with Gasteiger partial charge in [0.1, 0.15) is 5.76 Å². The summed E-state index contributed by atoms with van der Waals surface area (Å²) in [5.74, 6) is -1.98. The molecular formula is C20H22O5. The molecule has 25 heavy (non-hydrogen) atoms. The van der Waals surface area contributed by atoms with E-state index in [2.05, 4.69) is 0 Å². The third kappa shape index (κ3) is 2.33. The van der Waals surface area contributed by atoms with Gasteiger partial charge in [-0.25, -0.2) is 0 Å². The number of hydrogen-bond donors (Lipinski definition) is 1. The summed E-state index contributed by atoms with van der Waals surface area (Å²) in [6, 6.07) is 3.42. The van der Waals surface area contributed by atoms with Gasteiger partial charge in [-0.05, 0) is 43.2 Å². The molecule has 1 N–H and O–H groups in total. The van der Waals surface area contributed by atoms with Gasteiger partial charge in [0.2, 0.25) is 11.6 Å². The highest BCUT2D eigenvalue weighted by atomic mass is 16.5. The predicted molar refractivity (Wildman–Crippen MR) is 92.5 cm³/mol. The fraction of sp³-hybridized carbons (Fsp3) is 0.450. The Hall–Kier alpha value is -2.43. The Morgan fingerprint density at radius 2 is 1.92 bits per heavy atom. The van der Waals surface area contributed by atoms with Crippen molar-refractivity contribution in [2.75, 3.05) is 7.11 Å². The Labute approximate surface area is 146 Å². The average molecular weight is 342 g/mol. The summed E-state index contributed by atoms with van der Waals surface area (Å²) >= 11 is 0. The SMILES string of the molecule is COC(=O)C1(C)CCCc2c1ccc1c2C(=O)C(=O)C(C(C)C)=C1O. The van der Waals surface area contributed by atoms with Crippen LogP contribution in [0.25, 0.3) is 5.76 Å². The number of hydrogen-bond acceptors (Lipinski definition) is 5. The van der Waals surface area contributed by atoms with Crippen LogP contribution in [0.2, 0.25) is 0 Å². The molecule has 0 spiro atoms. The van der Waals surface area contributed by atoms with Crippen molar-refractivity contribution in [3.8, 4) is 0 Å². The molecule has 5 heteroatoms. The molecule has 0 heterocycles. The smallest absolute Gasteiger partial charge is 0.316 e. The highest BCUT2D eigenvalue weighted by Crippen LogP contribution is 2.43. The summed E-state index contributed by atoms with van der Waals surface area (Å²) in [4.78, 5) is 37.6. The molecule has 1 aromatic carbocycles. The molecule has 132 valence electrons. The molecule has 0 aliphatic heterocycles. The molecule has 2 aliphatic rings. The summed E-state index contributed by atoms with van der Waals surface area (Å²) in [5, 5.41) is 10.6. The summed E-state index contributed by atoms with van der Waals surface area (Å²) in [6.45, 7) is 5.34. The van der Waals surface area contributed by atoms with Gasteiger partial charge in [-0.15, -0.1) is 0 Å². The van der Waals surface area contributed by atoms with E-state index in [4.69, 9.17) is 4.74 Å². The standard InChI is InChI=1S/C20H22O5/c1-10(2)14-16(21)12-7-8-13-11(15(12)18(23)17(14)22)6-5-9-20(13,3)19(24)25-4/h7-8,10,21H,5-6,9H2,1-4H3. The third-order valence-corrected chi connectivity index (χ3v) is 5.41. The number of esters is 1. The second-order valence-corrected chi connectivity index (χ2v) is 7.27. The van der Waals surface area contributed by atoms with E-state index < -0.39 is 17.0 Å². The van der Waals surface area contributed by atoms with Crippen molar-refractivity contribution in [3.63, 3.8) is 0 Å². The lowest BCUT2D eigenvalue weighted by Gasteiger charge is -2.35. The van der Waals surface area contributed by atoms with Gasteiger partial charge >= 0.3 is 5.97 Å². The molecule has 0 aromatic heterocycles. The zero-order valence-electron chi connectivity index (χ0n) is 14.9. The van der Waals surface area contributed by atoms with Gasteiger partial charge in [0, 0.05) is 16.7 Å². The predicted octanol–water partition coefficient (Wildman–Crippen LogP) is 3.14. The molecule has 0 radical (unpaired) electrons. The van der Waals surface area contributed by atoms with E-state index in [1.54, 1.807) is 32.9 Å². The molecule has 2 aliphatic carbocycles. The number of carbonyl (C=O) groups excluding carboxylic acids is 3. The highest BCUT2D eigenvalue weighted by Gasteiger charge is 2.44. The molecule has 1 atom stereocenters. The quantitative estimate of drug-likeness (QED) is 0.660. The maximum Gasteiger partial charge on any atom is 0.316 e. The van der Waals surface area contributed by atoms with Crippen LogP contribution in [0.15, 0.2) is 17.7 Å². The van der Waals surface area contributed by atoms with Crippen molar-refractivity contribution in [2.24, 2.45) is 5.92 Å². The lowest BCUT2D eigenvalue weighted by atomic mass is 9.68. The number of Topliss-reactive ketones (excluding diaryl/α,β-unsaturated/α-hetero) is 2. The number of ketones is 2. The number of rotatable bonds is 2. The summed E-state index contributed by atoms with van der Waals surface area (Å²) in [5.41, 5.74) is 1.35. The molecule has 0 amide bonds. The number of aliphatic hydroxyl groups excluding tert-OH is 1. The molecular weight excluding hydrogens is 320 g/mol. The lowest BCUT2D eigenvalue weighted by Crippen LogP contribution is -2.39. The van der Waals surface area contributed by atoms with E-state index in [1.807, 2.05) is 0 Å². The minimum atomic E-state index is -0.849. The molecule has 5 nitrogen and oxygen atoms in total. The van der Waals surface area contributed by atoms with Gasteiger partial charge in [-0.3, -0.25) is 14.4 Å². The maximum absolute atomic E-state index is 12.8. The van der Waals surface area contributed by atoms with Crippen LogP contribution < -0.4 is 0 Å². The van der Waals surface area contributed by atoms with Gasteiger partial charge in [0.15, 0.2) is 0 Å². The number of benzene rings is 1. The van der Waals surface area contributed by atoms with Crippen molar-refractivity contribution in [1.82, 2.24) is 0 Å². The number of carbonyl (C=O) groups is 3. The van der Waals surface area contributed by atoms with Gasteiger partial charge in [-0.2, -0.15) is 0 Å². The van der Waals surface area contributed by atoms with Gasteiger partial charge in [0.25, 0.3) is 0 Å². The van der Waals surface area contributed by atoms with Crippen LogP contribution >= 0.6 is 0 Å². The van der Waals surface area contributed by atoms with Crippen LogP contribution in [0.4, 0.5) is 0 Å². The zero-order valence-corrected chi connectivity index (χ0v) is 14.9. The van der Waals surface area contributed by atoms with E-state index in [9.17, 15) is 19.5 Å². The van der Waals surface area contributed by atoms with Crippen molar-refractivity contribution in [2.45, 2.75) is 45.4 Å². The van der Waals surface area contributed by atoms with Crippen LogP contribution in [0, 0.1) is 5.92 Å². The van der Waals surface area contributed by atoms with Crippen LogP contribution in [-0.4, -0.2) is 29.8 Å². The third-order valence-electron chi connectivity index (χ3n) is 5.41. The van der Waals surface area contributed by atoms with Crippen LogP contribution in [0.5, 0.6) is 0 Å². The van der Waals surface area contributed by atoms with Crippen LogP contribution in [-0.2, 0) is 26.2 Å². The van der Waals surface area contributed by atoms with E-state index in [0.29, 0.717) is 36.0 Å². The minimum Gasteiger partial charge on any atom is -0.507 e. The fourth-order valence-electron chi connectivity index (χ4n) is 4.10. The van der Waals surface area contributed by atoms with Gasteiger partial charge < -0.3 is 9.84 Å². The largest absolute Gasteiger partial charge is 0.507 e. The number of methoxy groups -OCH3 is 1. The molecule has 0 fully saturated rings. The first-order valence-electron chi connectivity index (χ1n) is 8.51.